The molecule has 1 heterocycles. The van der Waals surface area contributed by atoms with Crippen molar-refractivity contribution in [3.05, 3.63) is 54.6 Å². The number of carbonyl (C=O) groups excluding carboxylic acids is 2. The molecule has 2 aromatic rings. The van der Waals surface area contributed by atoms with Gasteiger partial charge >= 0.3 is 0 Å². The van der Waals surface area contributed by atoms with Gasteiger partial charge < -0.3 is 25.4 Å². The van der Waals surface area contributed by atoms with Crippen LogP contribution in [0.1, 0.15) is 12.8 Å². The first-order chi connectivity index (χ1) is 14.2. The maximum absolute atomic E-state index is 12.5. The number of nitrogens with two attached hydrogens (primary N) is 1. The van der Waals surface area contributed by atoms with Gasteiger partial charge in [-0.3, -0.25) is 9.59 Å². The lowest BCUT2D eigenvalue weighted by Gasteiger charge is -2.31. The maximum Gasteiger partial charge on any atom is 0.260 e. The molecule has 1 aliphatic heterocycles. The highest BCUT2D eigenvalue weighted by Gasteiger charge is 2.27. The van der Waals surface area contributed by atoms with Crippen LogP contribution in [0.2, 0.25) is 0 Å². The van der Waals surface area contributed by atoms with Crippen molar-refractivity contribution in [3.63, 3.8) is 0 Å². The molecule has 0 aromatic heterocycles. The number of hydrogen-bond acceptors (Lipinski definition) is 5. The Morgan fingerprint density at radius 3 is 2.23 bits per heavy atom. The molecule has 2 amide bonds. The number of anilines is 1. The van der Waals surface area contributed by atoms with E-state index in [9.17, 15) is 9.59 Å². The van der Waals surface area contributed by atoms with Gasteiger partial charge in [-0.2, -0.15) is 0 Å². The lowest BCUT2D eigenvalue weighted by Crippen LogP contribution is -2.43. The van der Waals surface area contributed by atoms with Gasteiger partial charge in [0, 0.05) is 31.2 Å². The summed E-state index contributed by atoms with van der Waals surface area (Å²) in [6.45, 7) is 2.04. The number of hydrogen-bond donors (Lipinski definition) is 2. The zero-order valence-electron chi connectivity index (χ0n) is 16.8. The van der Waals surface area contributed by atoms with Gasteiger partial charge in [-0.05, 0) is 49.2 Å². The zero-order valence-corrected chi connectivity index (χ0v) is 17.6. The number of ether oxygens (including phenoxy) is 2. The highest BCUT2D eigenvalue weighted by atomic mass is 35.5. The third-order valence-corrected chi connectivity index (χ3v) is 4.83. The van der Waals surface area contributed by atoms with Crippen molar-refractivity contribution in [2.45, 2.75) is 12.8 Å². The number of rotatable bonds is 8. The van der Waals surface area contributed by atoms with Crippen LogP contribution in [0, 0.1) is 5.92 Å². The Bertz CT molecular complexity index is 794. The molecule has 0 unspecified atom stereocenters. The lowest BCUT2D eigenvalue weighted by atomic mass is 9.95. The van der Waals surface area contributed by atoms with Gasteiger partial charge in [0.1, 0.15) is 18.1 Å². The van der Waals surface area contributed by atoms with E-state index in [1.165, 1.54) is 0 Å². The average molecular weight is 434 g/mol. The largest absolute Gasteiger partial charge is 0.492 e. The van der Waals surface area contributed by atoms with Gasteiger partial charge in [-0.25, -0.2) is 0 Å². The number of amides is 2. The van der Waals surface area contributed by atoms with Crippen molar-refractivity contribution >= 4 is 29.9 Å². The minimum absolute atomic E-state index is 0. The van der Waals surface area contributed by atoms with E-state index in [-0.39, 0.29) is 36.7 Å². The number of likely N-dealkylation sites (tertiary alicyclic amines) is 1. The first-order valence-corrected chi connectivity index (χ1v) is 9.85. The molecule has 162 valence electrons. The quantitative estimate of drug-likeness (QED) is 0.667. The number of para-hydroxylation sites is 1. The van der Waals surface area contributed by atoms with Crippen molar-refractivity contribution in [1.82, 2.24) is 4.90 Å². The van der Waals surface area contributed by atoms with Gasteiger partial charge in [0.05, 0.1) is 0 Å². The monoisotopic (exact) mass is 433 g/mol. The summed E-state index contributed by atoms with van der Waals surface area (Å²) < 4.78 is 10.9. The summed E-state index contributed by atoms with van der Waals surface area (Å²) in [6, 6.07) is 16.5. The Morgan fingerprint density at radius 2 is 1.60 bits per heavy atom. The fourth-order valence-corrected chi connectivity index (χ4v) is 3.20. The van der Waals surface area contributed by atoms with Gasteiger partial charge in [-0.1, -0.05) is 18.2 Å². The van der Waals surface area contributed by atoms with Gasteiger partial charge in [-0.15, -0.1) is 12.4 Å². The summed E-state index contributed by atoms with van der Waals surface area (Å²) in [5.74, 6) is 1.21. The number of nitrogens with one attached hydrogen (secondary N) is 1. The molecule has 0 saturated carbocycles. The standard InChI is InChI=1S/C22H27N3O4.ClH/c23-12-15-28-20-8-6-18(7-9-20)24-22(27)17-10-13-25(14-11-17)21(26)16-29-19-4-2-1-3-5-19;/h1-9,17H,10-16,23H2,(H,24,27);1H. The first kappa shape index (κ1) is 23.5. The number of piperidine rings is 1. The molecule has 0 radical (unpaired) electrons. The van der Waals surface area contributed by atoms with Crippen molar-refractivity contribution < 1.29 is 19.1 Å². The zero-order chi connectivity index (χ0) is 20.5. The second-order valence-corrected chi connectivity index (χ2v) is 6.91. The molecule has 1 aliphatic rings. The summed E-state index contributed by atoms with van der Waals surface area (Å²) in [6.07, 6.45) is 1.28. The molecule has 7 nitrogen and oxygen atoms in total. The Hall–Kier alpha value is -2.77. The van der Waals surface area contributed by atoms with Gasteiger partial charge in [0.2, 0.25) is 5.91 Å². The van der Waals surface area contributed by atoms with Crippen LogP contribution in [-0.4, -0.2) is 49.6 Å². The summed E-state index contributed by atoms with van der Waals surface area (Å²) in [7, 11) is 0. The van der Waals surface area contributed by atoms with Crippen LogP contribution < -0.4 is 20.5 Å². The molecular weight excluding hydrogens is 406 g/mol. The smallest absolute Gasteiger partial charge is 0.260 e. The van der Waals surface area contributed by atoms with E-state index in [1.807, 2.05) is 42.5 Å². The fourth-order valence-electron chi connectivity index (χ4n) is 3.20. The van der Waals surface area contributed by atoms with Crippen LogP contribution >= 0.6 is 12.4 Å². The lowest BCUT2D eigenvalue weighted by molar-refractivity contribution is -0.136. The Labute approximate surface area is 182 Å². The van der Waals surface area contributed by atoms with Crippen molar-refractivity contribution in [2.75, 3.05) is 38.2 Å². The van der Waals surface area contributed by atoms with Crippen LogP contribution in [0.25, 0.3) is 0 Å². The summed E-state index contributed by atoms with van der Waals surface area (Å²) in [5, 5.41) is 2.94. The molecule has 0 atom stereocenters. The van der Waals surface area contributed by atoms with Crippen LogP contribution in [0.3, 0.4) is 0 Å². The molecule has 3 N–H and O–H groups in total. The number of carbonyl (C=O) groups is 2. The van der Waals surface area contributed by atoms with E-state index in [2.05, 4.69) is 5.32 Å². The van der Waals surface area contributed by atoms with Crippen molar-refractivity contribution in [1.29, 1.82) is 0 Å². The molecular formula is C22H28ClN3O4. The topological polar surface area (TPSA) is 93.9 Å². The molecule has 2 aromatic carbocycles. The molecule has 0 aliphatic carbocycles. The number of benzene rings is 2. The second-order valence-electron chi connectivity index (χ2n) is 6.91. The summed E-state index contributed by atoms with van der Waals surface area (Å²) in [5.41, 5.74) is 6.14. The summed E-state index contributed by atoms with van der Waals surface area (Å²) >= 11 is 0. The minimum atomic E-state index is -0.109. The normalized spacial score (nSPS) is 13.8. The molecule has 0 bridgehead atoms. The third-order valence-electron chi connectivity index (χ3n) is 4.83. The van der Waals surface area contributed by atoms with Crippen LogP contribution in [0.5, 0.6) is 11.5 Å². The molecule has 1 fully saturated rings. The predicted octanol–water partition coefficient (Wildman–Crippen LogP) is 2.70. The highest BCUT2D eigenvalue weighted by molar-refractivity contribution is 5.92. The van der Waals surface area contributed by atoms with E-state index in [0.717, 1.165) is 11.4 Å². The first-order valence-electron chi connectivity index (χ1n) is 9.85. The van der Waals surface area contributed by atoms with Crippen molar-refractivity contribution in [3.8, 4) is 11.5 Å². The molecule has 0 spiro atoms. The van der Waals surface area contributed by atoms with Crippen LogP contribution in [0.4, 0.5) is 5.69 Å². The number of nitrogens with zero attached hydrogens (tertiary/aromatic N) is 1. The highest BCUT2D eigenvalue weighted by Crippen LogP contribution is 2.21. The van der Waals surface area contributed by atoms with E-state index in [4.69, 9.17) is 15.2 Å². The second kappa shape index (κ2) is 12.0. The fraction of sp³-hybridized carbons (Fsp3) is 0.364. The molecule has 30 heavy (non-hydrogen) atoms. The SMILES string of the molecule is Cl.NCCOc1ccc(NC(=O)C2CCN(C(=O)COc3ccccc3)CC2)cc1. The Morgan fingerprint density at radius 1 is 0.967 bits per heavy atom. The maximum atomic E-state index is 12.5. The van der Waals surface area contributed by atoms with Crippen molar-refractivity contribution in [2.24, 2.45) is 11.7 Å². The number of halogens is 1. The van der Waals surface area contributed by atoms with E-state index >= 15 is 0 Å². The average Bonchev–Trinajstić information content (AvgIpc) is 2.78. The summed E-state index contributed by atoms with van der Waals surface area (Å²) in [4.78, 5) is 26.6. The molecule has 3 rings (SSSR count). The van der Waals surface area contributed by atoms with E-state index in [1.54, 1.807) is 17.0 Å². The van der Waals surface area contributed by atoms with Crippen LogP contribution in [-0.2, 0) is 9.59 Å². The van der Waals surface area contributed by atoms with Crippen LogP contribution in [0.15, 0.2) is 54.6 Å². The van der Waals surface area contributed by atoms with E-state index in [0.29, 0.717) is 44.8 Å². The minimum Gasteiger partial charge on any atom is -0.492 e. The Kier molecular flexibility index (Phi) is 9.44. The van der Waals surface area contributed by atoms with Gasteiger partial charge in [0.25, 0.3) is 5.91 Å². The molecule has 1 saturated heterocycles. The molecule has 8 heteroatoms. The van der Waals surface area contributed by atoms with E-state index < -0.39 is 0 Å². The van der Waals surface area contributed by atoms with Gasteiger partial charge in [0.15, 0.2) is 6.61 Å². The Balaban J connectivity index is 0.00000320. The third kappa shape index (κ3) is 6.93. The predicted molar refractivity (Wildman–Crippen MR) is 118 cm³/mol.